The van der Waals surface area contributed by atoms with Gasteiger partial charge < -0.3 is 19.6 Å². The van der Waals surface area contributed by atoms with Gasteiger partial charge in [-0.3, -0.25) is 4.79 Å². The van der Waals surface area contributed by atoms with Gasteiger partial charge in [0.25, 0.3) is 0 Å². The molecule has 24 heavy (non-hydrogen) atoms. The van der Waals surface area contributed by atoms with Crippen LogP contribution in [0.2, 0.25) is 0 Å². The summed E-state index contributed by atoms with van der Waals surface area (Å²) in [5, 5.41) is 10.4. The van der Waals surface area contributed by atoms with E-state index in [0.29, 0.717) is 0 Å². The van der Waals surface area contributed by atoms with Crippen molar-refractivity contribution in [1.29, 1.82) is 0 Å². The molecule has 0 bridgehead atoms. The van der Waals surface area contributed by atoms with Crippen molar-refractivity contribution in [3.8, 4) is 0 Å². The number of aliphatic hydroxyl groups is 1. The molecule has 1 aromatic rings. The number of likely N-dealkylation sites (N-methyl/N-ethyl adjacent to an activating group) is 2. The first-order valence-electron chi connectivity index (χ1n) is 7.95. The predicted octanol–water partition coefficient (Wildman–Crippen LogP) is 2.43. The van der Waals surface area contributed by atoms with Gasteiger partial charge in [-0.25, -0.2) is 4.79 Å². The molecule has 0 heterocycles. The zero-order valence-electron chi connectivity index (χ0n) is 15.3. The van der Waals surface area contributed by atoms with Gasteiger partial charge in [0.15, 0.2) is 0 Å². The molecular formula is C18H28N2O4. The second kappa shape index (κ2) is 8.15. The zero-order valence-corrected chi connectivity index (χ0v) is 15.3. The predicted molar refractivity (Wildman–Crippen MR) is 92.5 cm³/mol. The molecule has 0 radical (unpaired) electrons. The number of hydrogen-bond donors (Lipinski definition) is 1. The molecule has 2 atom stereocenters. The third kappa shape index (κ3) is 5.85. The summed E-state index contributed by atoms with van der Waals surface area (Å²) in [6, 6.07) is 8.74. The molecular weight excluding hydrogens is 308 g/mol. The molecule has 134 valence electrons. The van der Waals surface area contributed by atoms with Gasteiger partial charge in [0.2, 0.25) is 5.91 Å². The van der Waals surface area contributed by atoms with Crippen LogP contribution in [0.3, 0.4) is 0 Å². The van der Waals surface area contributed by atoms with Crippen molar-refractivity contribution in [3.05, 3.63) is 35.9 Å². The SMILES string of the molecule is C[C@H]([C@H](O)c1ccccc1)N(C)C(=O)CN(C)C(=O)OC(C)(C)C. The Balaban J connectivity index is 2.65. The Morgan fingerprint density at radius 2 is 1.71 bits per heavy atom. The van der Waals surface area contributed by atoms with Gasteiger partial charge in [-0.2, -0.15) is 0 Å². The van der Waals surface area contributed by atoms with E-state index < -0.39 is 23.8 Å². The van der Waals surface area contributed by atoms with Crippen LogP contribution in [-0.4, -0.2) is 59.2 Å². The topological polar surface area (TPSA) is 70.1 Å². The van der Waals surface area contributed by atoms with E-state index in [1.165, 1.54) is 16.8 Å². The maximum absolute atomic E-state index is 12.4. The van der Waals surface area contributed by atoms with Gasteiger partial charge in [0.05, 0.1) is 12.1 Å². The van der Waals surface area contributed by atoms with Crippen molar-refractivity contribution in [2.24, 2.45) is 0 Å². The molecule has 0 unspecified atom stereocenters. The molecule has 0 spiro atoms. The van der Waals surface area contributed by atoms with Crippen molar-refractivity contribution < 1.29 is 19.4 Å². The van der Waals surface area contributed by atoms with E-state index in [-0.39, 0.29) is 12.5 Å². The molecule has 1 N–H and O–H groups in total. The van der Waals surface area contributed by atoms with E-state index in [1.807, 2.05) is 30.3 Å². The van der Waals surface area contributed by atoms with Crippen molar-refractivity contribution >= 4 is 12.0 Å². The Morgan fingerprint density at radius 3 is 2.21 bits per heavy atom. The average Bonchev–Trinajstić information content (AvgIpc) is 2.51. The molecule has 6 nitrogen and oxygen atoms in total. The first kappa shape index (κ1) is 20.0. The van der Waals surface area contributed by atoms with Crippen LogP contribution >= 0.6 is 0 Å². The number of ether oxygens (including phenoxy) is 1. The highest BCUT2D eigenvalue weighted by molar-refractivity contribution is 5.82. The minimum absolute atomic E-state index is 0.114. The van der Waals surface area contributed by atoms with Crippen LogP contribution in [0.1, 0.15) is 39.4 Å². The maximum atomic E-state index is 12.4. The number of hydrogen-bond acceptors (Lipinski definition) is 4. The number of amides is 2. The number of benzene rings is 1. The molecule has 0 aliphatic carbocycles. The van der Waals surface area contributed by atoms with Crippen LogP contribution < -0.4 is 0 Å². The Bertz CT molecular complexity index is 554. The van der Waals surface area contributed by atoms with Crippen LogP contribution in [0.4, 0.5) is 4.79 Å². The van der Waals surface area contributed by atoms with Gasteiger partial charge in [0.1, 0.15) is 12.1 Å². The Morgan fingerprint density at radius 1 is 1.17 bits per heavy atom. The summed E-state index contributed by atoms with van der Waals surface area (Å²) in [6.07, 6.45) is -1.35. The van der Waals surface area contributed by atoms with E-state index in [0.717, 1.165) is 5.56 Å². The number of rotatable bonds is 5. The summed E-state index contributed by atoms with van der Waals surface area (Å²) in [7, 11) is 3.13. The third-order valence-electron chi connectivity index (χ3n) is 3.68. The summed E-state index contributed by atoms with van der Waals surface area (Å²) < 4.78 is 5.22. The maximum Gasteiger partial charge on any atom is 0.410 e. The van der Waals surface area contributed by atoms with Gasteiger partial charge in [0, 0.05) is 14.1 Å². The molecule has 0 saturated heterocycles. The molecule has 0 aliphatic rings. The molecule has 2 amide bonds. The first-order valence-corrected chi connectivity index (χ1v) is 7.95. The average molecular weight is 336 g/mol. The van der Waals surface area contributed by atoms with Gasteiger partial charge in [-0.05, 0) is 33.3 Å². The fraction of sp³-hybridized carbons (Fsp3) is 0.556. The summed E-state index contributed by atoms with van der Waals surface area (Å²) >= 11 is 0. The van der Waals surface area contributed by atoms with Gasteiger partial charge in [-0.1, -0.05) is 30.3 Å². The molecule has 1 rings (SSSR count). The quantitative estimate of drug-likeness (QED) is 0.896. The highest BCUT2D eigenvalue weighted by Gasteiger charge is 2.27. The molecule has 0 fully saturated rings. The Labute approximate surface area is 144 Å². The fourth-order valence-corrected chi connectivity index (χ4v) is 2.09. The number of aliphatic hydroxyl groups excluding tert-OH is 1. The van der Waals surface area contributed by atoms with Crippen LogP contribution in [-0.2, 0) is 9.53 Å². The van der Waals surface area contributed by atoms with Crippen molar-refractivity contribution in [1.82, 2.24) is 9.80 Å². The second-order valence-electron chi connectivity index (χ2n) is 6.94. The lowest BCUT2D eigenvalue weighted by Crippen LogP contribution is -2.45. The van der Waals surface area contributed by atoms with E-state index in [2.05, 4.69) is 0 Å². The minimum atomic E-state index is -0.799. The standard InChI is InChI=1S/C18H28N2O4/c1-13(16(22)14-10-8-7-9-11-14)20(6)15(21)12-19(5)17(23)24-18(2,3)4/h7-11,13,16,22H,12H2,1-6H3/t13-,16+/m1/s1. The monoisotopic (exact) mass is 336 g/mol. The third-order valence-corrected chi connectivity index (χ3v) is 3.68. The summed E-state index contributed by atoms with van der Waals surface area (Å²) in [5.74, 6) is -0.272. The van der Waals surface area contributed by atoms with Gasteiger partial charge in [-0.15, -0.1) is 0 Å². The van der Waals surface area contributed by atoms with Gasteiger partial charge >= 0.3 is 6.09 Å². The minimum Gasteiger partial charge on any atom is -0.444 e. The molecule has 1 aromatic carbocycles. The number of nitrogens with zero attached hydrogens (tertiary/aromatic N) is 2. The lowest BCUT2D eigenvalue weighted by Gasteiger charge is -2.31. The first-order chi connectivity index (χ1) is 11.0. The van der Waals surface area contributed by atoms with Crippen LogP contribution in [0, 0.1) is 0 Å². The summed E-state index contributed by atoms with van der Waals surface area (Å²) in [6.45, 7) is 6.96. The summed E-state index contributed by atoms with van der Waals surface area (Å²) in [5.41, 5.74) is 0.127. The molecule has 0 aromatic heterocycles. The fourth-order valence-electron chi connectivity index (χ4n) is 2.09. The van der Waals surface area contributed by atoms with E-state index in [1.54, 1.807) is 34.7 Å². The van der Waals surface area contributed by atoms with E-state index in [4.69, 9.17) is 4.74 Å². The largest absolute Gasteiger partial charge is 0.444 e. The van der Waals surface area contributed by atoms with Crippen molar-refractivity contribution in [2.45, 2.75) is 45.4 Å². The summed E-state index contributed by atoms with van der Waals surface area (Å²) in [4.78, 5) is 27.0. The molecule has 6 heteroatoms. The van der Waals surface area contributed by atoms with E-state index in [9.17, 15) is 14.7 Å². The highest BCUT2D eigenvalue weighted by Crippen LogP contribution is 2.20. The number of carbonyl (C=O) groups is 2. The smallest absolute Gasteiger partial charge is 0.410 e. The molecule has 0 aliphatic heterocycles. The van der Waals surface area contributed by atoms with Crippen LogP contribution in [0.15, 0.2) is 30.3 Å². The normalized spacial score (nSPS) is 13.8. The van der Waals surface area contributed by atoms with Crippen molar-refractivity contribution in [2.75, 3.05) is 20.6 Å². The second-order valence-corrected chi connectivity index (χ2v) is 6.94. The van der Waals surface area contributed by atoms with Crippen LogP contribution in [0.5, 0.6) is 0 Å². The Hall–Kier alpha value is -2.08. The van der Waals surface area contributed by atoms with Crippen LogP contribution in [0.25, 0.3) is 0 Å². The lowest BCUT2D eigenvalue weighted by molar-refractivity contribution is -0.134. The zero-order chi connectivity index (χ0) is 18.5. The molecule has 0 saturated carbocycles. The highest BCUT2D eigenvalue weighted by atomic mass is 16.6. The Kier molecular flexibility index (Phi) is 6.78. The number of carbonyl (C=O) groups excluding carboxylic acids is 2. The van der Waals surface area contributed by atoms with E-state index >= 15 is 0 Å². The van der Waals surface area contributed by atoms with Crippen molar-refractivity contribution in [3.63, 3.8) is 0 Å². The lowest BCUT2D eigenvalue weighted by atomic mass is 10.0.